The molecule has 2 aromatic carbocycles. The first-order valence-corrected chi connectivity index (χ1v) is 10.0. The van der Waals surface area contributed by atoms with Crippen LogP contribution in [0, 0.1) is 0 Å². The van der Waals surface area contributed by atoms with E-state index >= 15 is 0 Å². The lowest BCUT2D eigenvalue weighted by Gasteiger charge is -2.26. The van der Waals surface area contributed by atoms with Gasteiger partial charge in [0.1, 0.15) is 0 Å². The van der Waals surface area contributed by atoms with Crippen LogP contribution in [0.5, 0.6) is 0 Å². The Labute approximate surface area is 176 Å². The first-order valence-electron chi connectivity index (χ1n) is 10.0. The number of nitrogens with one attached hydrogen (secondary N) is 1. The lowest BCUT2D eigenvalue weighted by molar-refractivity contribution is 0.0931. The van der Waals surface area contributed by atoms with Gasteiger partial charge in [0.2, 0.25) is 0 Å². The average Bonchev–Trinajstić information content (AvgIpc) is 3.46. The van der Waals surface area contributed by atoms with Crippen molar-refractivity contribution >= 4 is 24.0 Å². The maximum Gasteiger partial charge on any atom is 0.255 e. The predicted octanol–water partition coefficient (Wildman–Crippen LogP) is 4.56. The minimum Gasteiger partial charge on any atom is -0.399 e. The molecule has 6 heteroatoms. The van der Waals surface area contributed by atoms with Crippen LogP contribution in [-0.4, -0.2) is 15.7 Å². The van der Waals surface area contributed by atoms with Gasteiger partial charge in [-0.05, 0) is 67.5 Å². The summed E-state index contributed by atoms with van der Waals surface area (Å²) in [5.41, 5.74) is 11.9. The van der Waals surface area contributed by atoms with Crippen molar-refractivity contribution in [3.05, 3.63) is 77.1 Å². The lowest BCUT2D eigenvalue weighted by atomic mass is 9.87. The highest BCUT2D eigenvalue weighted by atomic mass is 35.5. The van der Waals surface area contributed by atoms with Crippen molar-refractivity contribution in [3.8, 4) is 5.69 Å². The van der Waals surface area contributed by atoms with Crippen molar-refractivity contribution in [2.75, 3.05) is 5.73 Å². The molecule has 1 fully saturated rings. The molecule has 1 heterocycles. The fourth-order valence-corrected chi connectivity index (χ4v) is 4.28. The summed E-state index contributed by atoms with van der Waals surface area (Å²) in [6.07, 6.45) is 6.98. The van der Waals surface area contributed by atoms with Crippen LogP contribution in [0.25, 0.3) is 5.69 Å². The van der Waals surface area contributed by atoms with Gasteiger partial charge in [0, 0.05) is 11.6 Å². The van der Waals surface area contributed by atoms with Crippen LogP contribution in [0.1, 0.15) is 64.8 Å². The molecule has 2 aliphatic rings. The molecule has 1 atom stereocenters. The molecule has 0 aliphatic heterocycles. The van der Waals surface area contributed by atoms with Crippen LogP contribution in [0.4, 0.5) is 5.69 Å². The Morgan fingerprint density at radius 2 is 1.90 bits per heavy atom. The van der Waals surface area contributed by atoms with Gasteiger partial charge in [0.15, 0.2) is 0 Å². The third-order valence-electron chi connectivity index (χ3n) is 5.80. The largest absolute Gasteiger partial charge is 0.399 e. The second-order valence-electron chi connectivity index (χ2n) is 7.84. The second kappa shape index (κ2) is 7.91. The number of nitrogens with two attached hydrogens (primary N) is 1. The topological polar surface area (TPSA) is 72.9 Å². The number of anilines is 1. The molecule has 5 nitrogen and oxygen atoms in total. The number of benzene rings is 2. The van der Waals surface area contributed by atoms with E-state index < -0.39 is 0 Å². The SMILES string of the molecule is Cl.Nc1ccc2c(c1)CCCC2NC(=O)c1cnn(-c2ccccc2)c1C1CC1. The molecule has 3 N–H and O–H groups in total. The molecule has 2 aliphatic carbocycles. The molecule has 29 heavy (non-hydrogen) atoms. The molecule has 0 saturated heterocycles. The number of para-hydroxylation sites is 1. The number of halogens is 1. The van der Waals surface area contributed by atoms with E-state index in [9.17, 15) is 4.79 Å². The number of nitrogens with zero attached hydrogens (tertiary/aromatic N) is 2. The van der Waals surface area contributed by atoms with Crippen LogP contribution in [0.15, 0.2) is 54.7 Å². The summed E-state index contributed by atoms with van der Waals surface area (Å²) in [4.78, 5) is 13.2. The third kappa shape index (κ3) is 3.75. The van der Waals surface area contributed by atoms with Crippen LogP contribution in [0.2, 0.25) is 0 Å². The highest BCUT2D eigenvalue weighted by Gasteiger charge is 2.33. The van der Waals surface area contributed by atoms with E-state index in [2.05, 4.69) is 16.5 Å². The number of aryl methyl sites for hydroxylation is 1. The molecule has 1 saturated carbocycles. The number of amides is 1. The van der Waals surface area contributed by atoms with E-state index in [0.29, 0.717) is 11.5 Å². The van der Waals surface area contributed by atoms with Gasteiger partial charge in [0.05, 0.1) is 29.2 Å². The Morgan fingerprint density at radius 3 is 2.66 bits per heavy atom. The molecule has 1 amide bonds. The Hall–Kier alpha value is -2.79. The van der Waals surface area contributed by atoms with E-state index in [1.54, 1.807) is 6.20 Å². The average molecular weight is 409 g/mol. The fraction of sp³-hybridized carbons (Fsp3) is 0.304. The van der Waals surface area contributed by atoms with Crippen LogP contribution in [0.3, 0.4) is 0 Å². The van der Waals surface area contributed by atoms with E-state index in [1.807, 2.05) is 47.1 Å². The molecule has 0 bridgehead atoms. The summed E-state index contributed by atoms with van der Waals surface area (Å²) in [5, 5.41) is 7.82. The number of rotatable bonds is 4. The van der Waals surface area contributed by atoms with Crippen LogP contribution < -0.4 is 11.1 Å². The van der Waals surface area contributed by atoms with Crippen LogP contribution in [-0.2, 0) is 6.42 Å². The molecule has 150 valence electrons. The zero-order chi connectivity index (χ0) is 19.1. The molecule has 0 spiro atoms. The first-order chi connectivity index (χ1) is 13.7. The van der Waals surface area contributed by atoms with E-state index in [0.717, 1.165) is 49.2 Å². The zero-order valence-electron chi connectivity index (χ0n) is 16.2. The predicted molar refractivity (Wildman–Crippen MR) is 117 cm³/mol. The number of fused-ring (bicyclic) bond motifs is 1. The van der Waals surface area contributed by atoms with E-state index in [1.165, 1.54) is 11.1 Å². The minimum atomic E-state index is -0.0289. The van der Waals surface area contributed by atoms with Gasteiger partial charge in [-0.2, -0.15) is 5.10 Å². The van der Waals surface area contributed by atoms with Crippen molar-refractivity contribution in [2.24, 2.45) is 0 Å². The second-order valence-corrected chi connectivity index (χ2v) is 7.84. The molecule has 1 unspecified atom stereocenters. The lowest BCUT2D eigenvalue weighted by Crippen LogP contribution is -2.31. The van der Waals surface area contributed by atoms with Crippen molar-refractivity contribution in [3.63, 3.8) is 0 Å². The number of hydrogen-bond donors (Lipinski definition) is 2. The van der Waals surface area contributed by atoms with Crippen molar-refractivity contribution < 1.29 is 4.79 Å². The third-order valence-corrected chi connectivity index (χ3v) is 5.80. The van der Waals surface area contributed by atoms with Gasteiger partial charge in [-0.3, -0.25) is 4.79 Å². The minimum absolute atomic E-state index is 0. The molecule has 5 rings (SSSR count). The summed E-state index contributed by atoms with van der Waals surface area (Å²) in [6, 6.07) is 16.1. The summed E-state index contributed by atoms with van der Waals surface area (Å²) >= 11 is 0. The van der Waals surface area contributed by atoms with Gasteiger partial charge in [-0.15, -0.1) is 12.4 Å². The van der Waals surface area contributed by atoms with Crippen molar-refractivity contribution in [1.82, 2.24) is 15.1 Å². The van der Waals surface area contributed by atoms with E-state index in [-0.39, 0.29) is 24.4 Å². The van der Waals surface area contributed by atoms with Gasteiger partial charge in [0.25, 0.3) is 5.91 Å². The smallest absolute Gasteiger partial charge is 0.255 e. The Kier molecular flexibility index (Phi) is 5.33. The summed E-state index contributed by atoms with van der Waals surface area (Å²) in [6.45, 7) is 0. The molecule has 3 aromatic rings. The zero-order valence-corrected chi connectivity index (χ0v) is 17.0. The number of hydrogen-bond acceptors (Lipinski definition) is 3. The molecule has 0 radical (unpaired) electrons. The Bertz CT molecular complexity index is 1030. The van der Waals surface area contributed by atoms with Crippen LogP contribution >= 0.6 is 12.4 Å². The Morgan fingerprint density at radius 1 is 1.10 bits per heavy atom. The normalized spacial score (nSPS) is 17.9. The quantitative estimate of drug-likeness (QED) is 0.621. The number of nitrogen functional groups attached to an aromatic ring is 1. The monoisotopic (exact) mass is 408 g/mol. The Balaban J connectivity index is 0.00000205. The van der Waals surface area contributed by atoms with Gasteiger partial charge < -0.3 is 11.1 Å². The van der Waals surface area contributed by atoms with Gasteiger partial charge in [-0.25, -0.2) is 4.68 Å². The summed E-state index contributed by atoms with van der Waals surface area (Å²) in [5.74, 6) is 0.389. The molecular formula is C23H25ClN4O. The number of carbonyl (C=O) groups excluding carboxylic acids is 1. The molecule has 1 aromatic heterocycles. The first kappa shape index (κ1) is 19.5. The van der Waals surface area contributed by atoms with Gasteiger partial charge in [-0.1, -0.05) is 24.3 Å². The highest BCUT2D eigenvalue weighted by Crippen LogP contribution is 2.42. The van der Waals surface area contributed by atoms with Crippen molar-refractivity contribution in [1.29, 1.82) is 0 Å². The van der Waals surface area contributed by atoms with Crippen molar-refractivity contribution in [2.45, 2.75) is 44.1 Å². The maximum absolute atomic E-state index is 13.2. The summed E-state index contributed by atoms with van der Waals surface area (Å²) in [7, 11) is 0. The maximum atomic E-state index is 13.2. The fourth-order valence-electron chi connectivity index (χ4n) is 4.28. The molecular weight excluding hydrogens is 384 g/mol. The standard InChI is InChI=1S/C23H24N4O.ClH/c24-17-11-12-19-16(13-17)5-4-8-21(19)26-23(28)20-14-25-27(22(20)15-9-10-15)18-6-2-1-3-7-18;/h1-3,6-7,11-15,21H,4-5,8-10,24H2,(H,26,28);1H. The highest BCUT2D eigenvalue weighted by molar-refractivity contribution is 5.96. The summed E-state index contributed by atoms with van der Waals surface area (Å²) < 4.78 is 1.93. The number of carbonyl (C=O) groups is 1. The number of aromatic nitrogens is 2. The van der Waals surface area contributed by atoms with E-state index in [4.69, 9.17) is 5.73 Å². The van der Waals surface area contributed by atoms with Gasteiger partial charge >= 0.3 is 0 Å².